The van der Waals surface area contributed by atoms with Crippen LogP contribution in [0.25, 0.3) is 0 Å². The SMILES string of the molecule is O=c1[nH]c(=O)n(C[C@@H]2C[C@@H](O)c3ccccc32)cc1I. The molecular formula is C14H13IN2O3. The number of hydrogen-bond acceptors (Lipinski definition) is 3. The van der Waals surface area contributed by atoms with Crippen molar-refractivity contribution in [1.82, 2.24) is 9.55 Å². The molecule has 0 spiro atoms. The number of aliphatic hydroxyl groups excluding tert-OH is 1. The van der Waals surface area contributed by atoms with Crippen molar-refractivity contribution < 1.29 is 5.11 Å². The first-order chi connectivity index (χ1) is 9.56. The Morgan fingerprint density at radius 1 is 1.30 bits per heavy atom. The minimum absolute atomic E-state index is 0.0839. The first kappa shape index (κ1) is 13.6. The van der Waals surface area contributed by atoms with E-state index in [-0.39, 0.29) is 11.5 Å². The number of hydrogen-bond donors (Lipinski definition) is 2. The van der Waals surface area contributed by atoms with Crippen LogP contribution in [0, 0.1) is 3.57 Å². The highest BCUT2D eigenvalue weighted by molar-refractivity contribution is 14.1. The van der Waals surface area contributed by atoms with E-state index < -0.39 is 11.8 Å². The summed E-state index contributed by atoms with van der Waals surface area (Å²) in [7, 11) is 0. The minimum Gasteiger partial charge on any atom is -0.388 e. The molecule has 6 heteroatoms. The second kappa shape index (κ2) is 5.17. The van der Waals surface area contributed by atoms with Gasteiger partial charge in [-0.25, -0.2) is 4.79 Å². The monoisotopic (exact) mass is 384 g/mol. The van der Waals surface area contributed by atoms with Crippen LogP contribution in [-0.2, 0) is 6.54 Å². The Morgan fingerprint density at radius 3 is 2.75 bits per heavy atom. The molecule has 0 saturated carbocycles. The fourth-order valence-electron chi connectivity index (χ4n) is 2.74. The van der Waals surface area contributed by atoms with Gasteiger partial charge in [0.2, 0.25) is 0 Å². The molecule has 0 radical (unpaired) electrons. The van der Waals surface area contributed by atoms with Crippen LogP contribution in [-0.4, -0.2) is 14.7 Å². The van der Waals surface area contributed by atoms with Crippen LogP contribution in [0.4, 0.5) is 0 Å². The summed E-state index contributed by atoms with van der Waals surface area (Å²) in [5.41, 5.74) is 1.24. The summed E-state index contributed by atoms with van der Waals surface area (Å²) >= 11 is 1.90. The number of halogens is 1. The fraction of sp³-hybridized carbons (Fsp3) is 0.286. The highest BCUT2D eigenvalue weighted by Crippen LogP contribution is 2.40. The van der Waals surface area contributed by atoms with Crippen LogP contribution in [0.3, 0.4) is 0 Å². The molecule has 2 aromatic rings. The normalized spacial score (nSPS) is 20.9. The van der Waals surface area contributed by atoms with Gasteiger partial charge in [-0.3, -0.25) is 14.3 Å². The molecule has 2 atom stereocenters. The Morgan fingerprint density at radius 2 is 2.00 bits per heavy atom. The first-order valence-electron chi connectivity index (χ1n) is 6.32. The smallest absolute Gasteiger partial charge is 0.328 e. The third kappa shape index (κ3) is 2.33. The van der Waals surface area contributed by atoms with E-state index in [9.17, 15) is 14.7 Å². The molecule has 0 aliphatic heterocycles. The van der Waals surface area contributed by atoms with Gasteiger partial charge in [0, 0.05) is 18.7 Å². The van der Waals surface area contributed by atoms with E-state index >= 15 is 0 Å². The molecule has 1 aromatic heterocycles. The zero-order valence-corrected chi connectivity index (χ0v) is 12.7. The number of benzene rings is 1. The molecule has 0 bridgehead atoms. The van der Waals surface area contributed by atoms with E-state index in [4.69, 9.17) is 0 Å². The van der Waals surface area contributed by atoms with Gasteiger partial charge in [-0.1, -0.05) is 24.3 Å². The predicted molar refractivity (Wildman–Crippen MR) is 82.8 cm³/mol. The summed E-state index contributed by atoms with van der Waals surface area (Å²) in [5.74, 6) is 0.0839. The van der Waals surface area contributed by atoms with E-state index in [2.05, 4.69) is 4.98 Å². The molecule has 1 aromatic carbocycles. The van der Waals surface area contributed by atoms with Crippen LogP contribution in [0.5, 0.6) is 0 Å². The Kier molecular flexibility index (Phi) is 3.51. The van der Waals surface area contributed by atoms with Crippen molar-refractivity contribution in [2.75, 3.05) is 0 Å². The van der Waals surface area contributed by atoms with Gasteiger partial charge in [0.05, 0.1) is 9.67 Å². The lowest BCUT2D eigenvalue weighted by Crippen LogP contribution is -2.32. The van der Waals surface area contributed by atoms with Gasteiger partial charge >= 0.3 is 5.69 Å². The maximum absolute atomic E-state index is 11.8. The van der Waals surface area contributed by atoms with Crippen LogP contribution in [0.1, 0.15) is 29.6 Å². The lowest BCUT2D eigenvalue weighted by atomic mass is 10.0. The van der Waals surface area contributed by atoms with Crippen molar-refractivity contribution >= 4 is 22.6 Å². The molecule has 0 unspecified atom stereocenters. The Bertz CT molecular complexity index is 765. The molecule has 104 valence electrons. The maximum atomic E-state index is 11.8. The average molecular weight is 384 g/mol. The van der Waals surface area contributed by atoms with Crippen LogP contribution in [0.15, 0.2) is 40.1 Å². The number of nitrogens with zero attached hydrogens (tertiary/aromatic N) is 1. The van der Waals surface area contributed by atoms with Gasteiger partial charge in [0.15, 0.2) is 0 Å². The highest BCUT2D eigenvalue weighted by atomic mass is 127. The summed E-state index contributed by atoms with van der Waals surface area (Å²) in [6, 6.07) is 7.74. The Hall–Kier alpha value is -1.41. The maximum Gasteiger partial charge on any atom is 0.328 e. The summed E-state index contributed by atoms with van der Waals surface area (Å²) in [6.45, 7) is 0.458. The number of H-pyrrole nitrogens is 1. The van der Waals surface area contributed by atoms with Crippen molar-refractivity contribution in [2.24, 2.45) is 0 Å². The highest BCUT2D eigenvalue weighted by Gasteiger charge is 2.29. The number of rotatable bonds is 2. The van der Waals surface area contributed by atoms with Gasteiger partial charge in [-0.05, 0) is 40.1 Å². The molecule has 1 aliphatic carbocycles. The standard InChI is InChI=1S/C14H13IN2O3/c15-11-7-17(14(20)16-13(11)19)6-8-5-12(18)10-4-2-1-3-9(8)10/h1-4,7-8,12,18H,5-6H2,(H,16,19,20)/t8-,12+/m0/s1. The summed E-state index contributed by atoms with van der Waals surface area (Å²) in [4.78, 5) is 25.5. The first-order valence-corrected chi connectivity index (χ1v) is 7.40. The molecule has 5 nitrogen and oxygen atoms in total. The third-order valence-corrected chi connectivity index (χ3v) is 4.46. The number of fused-ring (bicyclic) bond motifs is 1. The second-order valence-electron chi connectivity index (χ2n) is 4.97. The fourth-order valence-corrected chi connectivity index (χ4v) is 3.21. The number of nitrogens with one attached hydrogen (secondary N) is 1. The molecule has 0 fully saturated rings. The minimum atomic E-state index is -0.478. The van der Waals surface area contributed by atoms with Crippen molar-refractivity contribution in [3.05, 3.63) is 66.0 Å². The number of aromatic nitrogens is 2. The van der Waals surface area contributed by atoms with Gasteiger partial charge in [0.1, 0.15) is 0 Å². The van der Waals surface area contributed by atoms with E-state index in [1.165, 1.54) is 4.57 Å². The Labute approximate surface area is 128 Å². The quantitative estimate of drug-likeness (QED) is 0.768. The average Bonchev–Trinajstić information content (AvgIpc) is 2.74. The summed E-state index contributed by atoms with van der Waals surface area (Å²) < 4.78 is 1.98. The molecule has 1 aliphatic rings. The van der Waals surface area contributed by atoms with E-state index in [1.54, 1.807) is 6.20 Å². The van der Waals surface area contributed by atoms with Crippen molar-refractivity contribution in [2.45, 2.75) is 25.0 Å². The largest absolute Gasteiger partial charge is 0.388 e. The molecule has 2 N–H and O–H groups in total. The van der Waals surface area contributed by atoms with Crippen LogP contribution in [0.2, 0.25) is 0 Å². The number of aliphatic hydroxyl groups is 1. The lowest BCUT2D eigenvalue weighted by Gasteiger charge is -2.13. The molecule has 0 saturated heterocycles. The van der Waals surface area contributed by atoms with Crippen LogP contribution < -0.4 is 11.2 Å². The van der Waals surface area contributed by atoms with Gasteiger partial charge in [0.25, 0.3) is 5.56 Å². The van der Waals surface area contributed by atoms with E-state index in [1.807, 2.05) is 46.9 Å². The Balaban J connectivity index is 1.96. The zero-order chi connectivity index (χ0) is 14.3. The molecule has 1 heterocycles. The van der Waals surface area contributed by atoms with Gasteiger partial charge < -0.3 is 5.11 Å². The molecule has 20 heavy (non-hydrogen) atoms. The van der Waals surface area contributed by atoms with E-state index in [0.717, 1.165) is 11.1 Å². The van der Waals surface area contributed by atoms with Gasteiger partial charge in [-0.2, -0.15) is 0 Å². The van der Waals surface area contributed by atoms with Gasteiger partial charge in [-0.15, -0.1) is 0 Å². The number of aromatic amines is 1. The summed E-state index contributed by atoms with van der Waals surface area (Å²) in [6.07, 6.45) is 1.69. The van der Waals surface area contributed by atoms with Crippen molar-refractivity contribution in [3.8, 4) is 0 Å². The van der Waals surface area contributed by atoms with Crippen molar-refractivity contribution in [1.29, 1.82) is 0 Å². The molecule has 0 amide bonds. The summed E-state index contributed by atoms with van der Waals surface area (Å²) in [5, 5.41) is 10.1. The second-order valence-corrected chi connectivity index (χ2v) is 6.13. The molecular weight excluding hydrogens is 371 g/mol. The lowest BCUT2D eigenvalue weighted by molar-refractivity contribution is 0.170. The predicted octanol–water partition coefficient (Wildman–Crippen LogP) is 1.36. The van der Waals surface area contributed by atoms with Crippen molar-refractivity contribution in [3.63, 3.8) is 0 Å². The molecule has 3 rings (SSSR count). The van der Waals surface area contributed by atoms with E-state index in [0.29, 0.717) is 16.5 Å². The topological polar surface area (TPSA) is 75.1 Å². The zero-order valence-electron chi connectivity index (χ0n) is 10.5. The van der Waals surface area contributed by atoms with Crippen LogP contribution >= 0.6 is 22.6 Å². The third-order valence-electron chi connectivity index (χ3n) is 3.69.